The summed E-state index contributed by atoms with van der Waals surface area (Å²) in [6.45, 7) is 1.94. The first kappa shape index (κ1) is 17.9. The van der Waals surface area contributed by atoms with Crippen LogP contribution in [0.2, 0.25) is 0 Å². The molecule has 1 amide bonds. The number of nitrogens with one attached hydrogen (secondary N) is 1. The van der Waals surface area contributed by atoms with E-state index in [0.29, 0.717) is 23.0 Å². The van der Waals surface area contributed by atoms with Gasteiger partial charge in [0, 0.05) is 24.0 Å². The fourth-order valence-corrected chi connectivity index (χ4v) is 3.65. The minimum Gasteiger partial charge on any atom is -0.317 e. The van der Waals surface area contributed by atoms with E-state index in [4.69, 9.17) is 5.41 Å². The molecule has 0 fully saturated rings. The number of hydrazone groups is 1. The lowest BCUT2D eigenvalue weighted by atomic mass is 10.1. The van der Waals surface area contributed by atoms with Crippen LogP contribution in [0.25, 0.3) is 11.8 Å². The molecule has 10 heteroatoms. The molecule has 2 aliphatic heterocycles. The van der Waals surface area contributed by atoms with Crippen LogP contribution in [0.3, 0.4) is 0 Å². The molecule has 0 spiro atoms. The number of nitro benzene ring substituents is 1. The van der Waals surface area contributed by atoms with Gasteiger partial charge in [0.1, 0.15) is 5.04 Å². The first-order valence-electron chi connectivity index (χ1n) is 8.39. The van der Waals surface area contributed by atoms with Gasteiger partial charge in [-0.3, -0.25) is 20.3 Å². The van der Waals surface area contributed by atoms with E-state index in [2.05, 4.69) is 10.1 Å². The van der Waals surface area contributed by atoms with Crippen molar-refractivity contribution in [3.8, 4) is 5.69 Å². The Balaban J connectivity index is 1.74. The molecule has 2 aromatic rings. The highest BCUT2D eigenvalue weighted by molar-refractivity contribution is 8.26. The predicted octanol–water partition coefficient (Wildman–Crippen LogP) is 3.41. The molecule has 1 N–H and O–H groups in total. The monoisotopic (exact) mass is 394 g/mol. The molecule has 0 aliphatic carbocycles. The van der Waals surface area contributed by atoms with Gasteiger partial charge in [-0.1, -0.05) is 13.0 Å². The number of aromatic nitrogens is 1. The van der Waals surface area contributed by atoms with Gasteiger partial charge >= 0.3 is 0 Å². The number of rotatable bonds is 4. The van der Waals surface area contributed by atoms with Crippen LogP contribution in [0.15, 0.2) is 58.3 Å². The van der Waals surface area contributed by atoms with Crippen molar-refractivity contribution in [2.24, 2.45) is 10.1 Å². The van der Waals surface area contributed by atoms with Crippen LogP contribution in [0.5, 0.6) is 0 Å². The molecule has 9 nitrogen and oxygen atoms in total. The summed E-state index contributed by atoms with van der Waals surface area (Å²) in [7, 11) is 0. The molecule has 0 atom stereocenters. The van der Waals surface area contributed by atoms with Gasteiger partial charge in [-0.2, -0.15) is 15.1 Å². The summed E-state index contributed by atoms with van der Waals surface area (Å²) in [4.78, 5) is 27.1. The van der Waals surface area contributed by atoms with Crippen molar-refractivity contribution < 1.29 is 9.72 Å². The summed E-state index contributed by atoms with van der Waals surface area (Å²) in [5, 5.41) is 26.3. The summed E-state index contributed by atoms with van der Waals surface area (Å²) in [6, 6.07) is 9.70. The van der Waals surface area contributed by atoms with Crippen molar-refractivity contribution in [1.82, 2.24) is 9.58 Å². The zero-order valence-corrected chi connectivity index (χ0v) is 15.5. The maximum Gasteiger partial charge on any atom is 0.283 e. The Morgan fingerprint density at radius 2 is 2.14 bits per heavy atom. The van der Waals surface area contributed by atoms with Crippen LogP contribution in [-0.4, -0.2) is 36.5 Å². The Hall–Kier alpha value is -3.53. The minimum absolute atomic E-state index is 0.0314. The Kier molecular flexibility index (Phi) is 4.40. The van der Waals surface area contributed by atoms with Gasteiger partial charge in [0.05, 0.1) is 16.2 Å². The molecular weight excluding hydrogens is 380 g/mol. The number of amides is 1. The third-order valence-corrected chi connectivity index (χ3v) is 5.24. The van der Waals surface area contributed by atoms with Crippen molar-refractivity contribution in [3.05, 3.63) is 64.0 Å². The van der Waals surface area contributed by atoms with E-state index in [1.807, 2.05) is 6.92 Å². The molecule has 2 aliphatic rings. The van der Waals surface area contributed by atoms with E-state index in [-0.39, 0.29) is 17.1 Å². The number of thioether (sulfide) groups is 1. The second-order valence-corrected chi connectivity index (χ2v) is 6.99. The molecule has 1 aromatic heterocycles. The Bertz CT molecular complexity index is 1110. The number of hydrogen-bond acceptors (Lipinski definition) is 6. The normalized spacial score (nSPS) is 17.6. The molecule has 28 heavy (non-hydrogen) atoms. The number of aliphatic imine (C=N–C) groups is 1. The van der Waals surface area contributed by atoms with Crippen molar-refractivity contribution in [3.63, 3.8) is 0 Å². The van der Waals surface area contributed by atoms with Gasteiger partial charge in [0.25, 0.3) is 11.6 Å². The van der Waals surface area contributed by atoms with Crippen LogP contribution in [0.1, 0.15) is 19.0 Å². The first-order chi connectivity index (χ1) is 13.5. The van der Waals surface area contributed by atoms with Crippen LogP contribution < -0.4 is 0 Å². The third kappa shape index (κ3) is 3.03. The maximum absolute atomic E-state index is 12.5. The molecule has 140 valence electrons. The van der Waals surface area contributed by atoms with E-state index in [9.17, 15) is 14.9 Å². The fraction of sp³-hybridized carbons (Fsp3) is 0.111. The van der Waals surface area contributed by atoms with E-state index < -0.39 is 10.8 Å². The van der Waals surface area contributed by atoms with Crippen LogP contribution in [0, 0.1) is 15.5 Å². The van der Waals surface area contributed by atoms with Crippen molar-refractivity contribution in [1.29, 1.82) is 5.41 Å². The summed E-state index contributed by atoms with van der Waals surface area (Å²) >= 11 is 1.28. The molecule has 0 radical (unpaired) electrons. The molecular formula is C18H14N6O3S. The third-order valence-electron chi connectivity index (χ3n) is 4.19. The molecule has 1 aromatic carbocycles. The number of carbonyl (C=O) groups is 1. The minimum atomic E-state index is -0.511. The molecule has 0 bridgehead atoms. The Labute approximate surface area is 163 Å². The number of nitro groups is 1. The van der Waals surface area contributed by atoms with E-state index in [1.165, 1.54) is 28.9 Å². The highest BCUT2D eigenvalue weighted by Crippen LogP contribution is 2.29. The van der Waals surface area contributed by atoms with Gasteiger partial charge in [-0.05, 0) is 42.5 Å². The zero-order chi connectivity index (χ0) is 19.8. The van der Waals surface area contributed by atoms with Crippen molar-refractivity contribution >= 4 is 45.5 Å². The highest BCUT2D eigenvalue weighted by Gasteiger charge is 2.35. The number of amidine groups is 2. The standard InChI is InChI=1S/C18H14N6O3S/c1-2-15-21-23-16(19)14(17(25)20-18(23)28-15)10-12-7-4-8-22(12)11-5-3-6-13(9-11)24(26)27/h3-10,19H,2H2,1H3/b14-10+,19-16?. The predicted molar refractivity (Wildman–Crippen MR) is 108 cm³/mol. The largest absolute Gasteiger partial charge is 0.317 e. The topological polar surface area (TPSA) is 117 Å². The summed E-state index contributed by atoms with van der Waals surface area (Å²) in [6.07, 6.45) is 3.97. The molecule has 0 saturated carbocycles. The second kappa shape index (κ2) is 6.89. The number of carbonyl (C=O) groups excluding carboxylic acids is 1. The lowest BCUT2D eigenvalue weighted by Crippen LogP contribution is -2.35. The van der Waals surface area contributed by atoms with Gasteiger partial charge in [-0.25, -0.2) is 0 Å². The average Bonchev–Trinajstić information content (AvgIpc) is 3.31. The number of nitrogens with zero attached hydrogens (tertiary/aromatic N) is 5. The number of hydrogen-bond donors (Lipinski definition) is 1. The van der Waals surface area contributed by atoms with Crippen LogP contribution >= 0.6 is 11.8 Å². The van der Waals surface area contributed by atoms with E-state index >= 15 is 0 Å². The van der Waals surface area contributed by atoms with E-state index in [1.54, 1.807) is 41.1 Å². The molecule has 0 saturated heterocycles. The summed E-state index contributed by atoms with van der Waals surface area (Å²) < 4.78 is 1.71. The summed E-state index contributed by atoms with van der Waals surface area (Å²) in [5.41, 5.74) is 1.25. The molecule has 4 rings (SSSR count). The number of fused-ring (bicyclic) bond motifs is 1. The zero-order valence-electron chi connectivity index (χ0n) is 14.7. The quantitative estimate of drug-likeness (QED) is 0.484. The lowest BCUT2D eigenvalue weighted by molar-refractivity contribution is -0.384. The SMILES string of the molecule is CCC1=NN2C(=N)/C(=C\c3cccn3-c3cccc([N+](=O)[O-])c3)C(=O)N=C2S1. The van der Waals surface area contributed by atoms with Crippen LogP contribution in [-0.2, 0) is 4.79 Å². The molecule has 0 unspecified atom stereocenters. The average molecular weight is 394 g/mol. The first-order valence-corrected chi connectivity index (χ1v) is 9.21. The lowest BCUT2D eigenvalue weighted by Gasteiger charge is -2.20. The van der Waals surface area contributed by atoms with Crippen molar-refractivity contribution in [2.75, 3.05) is 0 Å². The number of non-ortho nitro benzene ring substituents is 1. The smallest absolute Gasteiger partial charge is 0.283 e. The highest BCUT2D eigenvalue weighted by atomic mass is 32.2. The van der Waals surface area contributed by atoms with Gasteiger partial charge in [0.15, 0.2) is 5.84 Å². The summed E-state index contributed by atoms with van der Waals surface area (Å²) in [5.74, 6) is -0.555. The van der Waals surface area contributed by atoms with Gasteiger partial charge in [-0.15, -0.1) is 0 Å². The van der Waals surface area contributed by atoms with Crippen molar-refractivity contribution in [2.45, 2.75) is 13.3 Å². The Morgan fingerprint density at radius 3 is 2.89 bits per heavy atom. The maximum atomic E-state index is 12.5. The number of benzene rings is 1. The second-order valence-electron chi connectivity index (χ2n) is 5.95. The Morgan fingerprint density at radius 1 is 1.32 bits per heavy atom. The fourth-order valence-electron chi connectivity index (χ4n) is 2.83. The van der Waals surface area contributed by atoms with Gasteiger partial charge in [0.2, 0.25) is 5.17 Å². The van der Waals surface area contributed by atoms with E-state index in [0.717, 1.165) is 5.04 Å². The van der Waals surface area contributed by atoms with Gasteiger partial charge < -0.3 is 4.57 Å². The molecule has 3 heterocycles. The van der Waals surface area contributed by atoms with Crippen LogP contribution in [0.4, 0.5) is 5.69 Å².